The van der Waals surface area contributed by atoms with Crippen LogP contribution in [0.2, 0.25) is 0 Å². The predicted molar refractivity (Wildman–Crippen MR) is 132 cm³/mol. The van der Waals surface area contributed by atoms with Gasteiger partial charge in [0.05, 0.1) is 18.5 Å². The third-order valence-corrected chi connectivity index (χ3v) is 7.10. The molecule has 1 aromatic heterocycles. The van der Waals surface area contributed by atoms with Crippen molar-refractivity contribution in [2.24, 2.45) is 11.7 Å². The number of methoxy groups -OCH3 is 1. The number of nitrogens with two attached hydrogens (primary N) is 1. The first kappa shape index (κ1) is 24.7. The molecule has 3 aromatic rings. The zero-order valence-electron chi connectivity index (χ0n) is 21.3. The van der Waals surface area contributed by atoms with Gasteiger partial charge in [-0.1, -0.05) is 0 Å². The lowest BCUT2D eigenvalue weighted by Gasteiger charge is -2.31. The van der Waals surface area contributed by atoms with E-state index in [9.17, 15) is 18.4 Å². The standard InChI is InChI=1S/C27H28F2N4O4/c1-27(2,3)32(4)26(35)23-20-12-37-22-11-21(36-5)17(16-9-18(16)25(30)34)10-19(22)24(20)33(31-23)15-7-13(28)6-14(29)8-15/h6-8,10-11,16,18H,9,12H2,1-5H3,(H2,30,34)/t16-,18+/m1/s1. The van der Waals surface area contributed by atoms with Crippen molar-refractivity contribution in [1.29, 1.82) is 0 Å². The number of hydrogen-bond donors (Lipinski definition) is 1. The second-order valence-corrected chi connectivity index (χ2v) is 10.5. The monoisotopic (exact) mass is 510 g/mol. The third kappa shape index (κ3) is 4.20. The van der Waals surface area contributed by atoms with Gasteiger partial charge in [-0.2, -0.15) is 5.10 Å². The van der Waals surface area contributed by atoms with Crippen LogP contribution in [0.5, 0.6) is 11.5 Å². The Hall–Kier alpha value is -3.95. The maximum Gasteiger partial charge on any atom is 0.274 e. The summed E-state index contributed by atoms with van der Waals surface area (Å²) in [5.74, 6) is -1.72. The molecule has 2 heterocycles. The van der Waals surface area contributed by atoms with E-state index in [4.69, 9.17) is 15.2 Å². The molecule has 0 spiro atoms. The summed E-state index contributed by atoms with van der Waals surface area (Å²) in [6.07, 6.45) is 0.590. The summed E-state index contributed by atoms with van der Waals surface area (Å²) in [6.45, 7) is 5.71. The lowest BCUT2D eigenvalue weighted by molar-refractivity contribution is -0.119. The molecule has 0 radical (unpaired) electrons. The summed E-state index contributed by atoms with van der Waals surface area (Å²) < 4.78 is 41.5. The highest BCUT2D eigenvalue weighted by molar-refractivity contribution is 5.97. The number of aromatic nitrogens is 2. The van der Waals surface area contributed by atoms with Gasteiger partial charge in [-0.15, -0.1) is 0 Å². The average Bonchev–Trinajstić information content (AvgIpc) is 3.54. The first-order chi connectivity index (χ1) is 17.4. The van der Waals surface area contributed by atoms with E-state index in [0.717, 1.165) is 23.8 Å². The van der Waals surface area contributed by atoms with Crippen LogP contribution in [-0.4, -0.2) is 46.2 Å². The number of nitrogens with zero attached hydrogens (tertiary/aromatic N) is 3. The van der Waals surface area contributed by atoms with E-state index >= 15 is 0 Å². The van der Waals surface area contributed by atoms with Crippen LogP contribution in [0, 0.1) is 17.6 Å². The van der Waals surface area contributed by atoms with Gasteiger partial charge in [0, 0.05) is 41.8 Å². The van der Waals surface area contributed by atoms with Crippen molar-refractivity contribution in [1.82, 2.24) is 14.7 Å². The molecule has 10 heteroatoms. The molecule has 0 bridgehead atoms. The van der Waals surface area contributed by atoms with Gasteiger partial charge in [-0.05, 0) is 56.9 Å². The number of hydrogen-bond acceptors (Lipinski definition) is 5. The number of ether oxygens (including phenoxy) is 2. The third-order valence-electron chi connectivity index (χ3n) is 7.10. The summed E-state index contributed by atoms with van der Waals surface area (Å²) in [7, 11) is 3.20. The number of benzene rings is 2. The van der Waals surface area contributed by atoms with Crippen molar-refractivity contribution < 1.29 is 27.8 Å². The van der Waals surface area contributed by atoms with E-state index in [2.05, 4.69) is 5.10 Å². The molecule has 2 amide bonds. The Morgan fingerprint density at radius 2 is 1.84 bits per heavy atom. The van der Waals surface area contributed by atoms with Crippen molar-refractivity contribution in [2.75, 3.05) is 14.2 Å². The van der Waals surface area contributed by atoms with Crippen LogP contribution in [0.25, 0.3) is 16.9 Å². The van der Waals surface area contributed by atoms with Crippen LogP contribution in [0.1, 0.15) is 54.7 Å². The van der Waals surface area contributed by atoms with Gasteiger partial charge in [0.1, 0.15) is 29.7 Å². The highest BCUT2D eigenvalue weighted by Crippen LogP contribution is 2.53. The summed E-state index contributed by atoms with van der Waals surface area (Å²) in [4.78, 5) is 26.9. The Bertz CT molecular complexity index is 1420. The van der Waals surface area contributed by atoms with Crippen molar-refractivity contribution in [3.05, 3.63) is 58.8 Å². The van der Waals surface area contributed by atoms with Crippen molar-refractivity contribution in [3.8, 4) is 28.4 Å². The van der Waals surface area contributed by atoms with Crippen LogP contribution in [0.3, 0.4) is 0 Å². The smallest absolute Gasteiger partial charge is 0.274 e. The predicted octanol–water partition coefficient (Wildman–Crippen LogP) is 4.18. The van der Waals surface area contributed by atoms with Gasteiger partial charge in [0.2, 0.25) is 5.91 Å². The fourth-order valence-electron chi connectivity index (χ4n) is 4.70. The zero-order chi connectivity index (χ0) is 26.8. The van der Waals surface area contributed by atoms with E-state index in [1.165, 1.54) is 11.8 Å². The second-order valence-electron chi connectivity index (χ2n) is 10.5. The Morgan fingerprint density at radius 1 is 1.16 bits per heavy atom. The summed E-state index contributed by atoms with van der Waals surface area (Å²) in [5, 5.41) is 4.56. The number of fused-ring (bicyclic) bond motifs is 3. The molecule has 1 saturated carbocycles. The van der Waals surface area contributed by atoms with Crippen molar-refractivity contribution in [2.45, 2.75) is 45.3 Å². The van der Waals surface area contributed by atoms with Gasteiger partial charge in [0.25, 0.3) is 5.91 Å². The molecule has 1 aliphatic heterocycles. The van der Waals surface area contributed by atoms with E-state index in [1.54, 1.807) is 18.0 Å². The molecule has 8 nitrogen and oxygen atoms in total. The van der Waals surface area contributed by atoms with Gasteiger partial charge in [0.15, 0.2) is 5.69 Å². The fourth-order valence-corrected chi connectivity index (χ4v) is 4.70. The quantitative estimate of drug-likeness (QED) is 0.555. The SMILES string of the molecule is COc1cc2c(cc1[C@H]1C[C@@H]1C(N)=O)-c1c(c(C(=O)N(C)C(C)(C)C)nn1-c1cc(F)cc(F)c1)CO2. The Balaban J connectivity index is 1.74. The molecule has 5 rings (SSSR count). The minimum absolute atomic E-state index is 0.0228. The first-order valence-corrected chi connectivity index (χ1v) is 11.9. The molecule has 2 N–H and O–H groups in total. The first-order valence-electron chi connectivity index (χ1n) is 11.9. The minimum Gasteiger partial charge on any atom is -0.496 e. The topological polar surface area (TPSA) is 99.7 Å². The van der Waals surface area contributed by atoms with E-state index in [0.29, 0.717) is 34.7 Å². The average molecular weight is 511 g/mol. The lowest BCUT2D eigenvalue weighted by atomic mass is 9.96. The maximum atomic E-state index is 14.2. The molecule has 1 fully saturated rings. The van der Waals surface area contributed by atoms with E-state index < -0.39 is 17.2 Å². The molecule has 0 unspecified atom stereocenters. The second kappa shape index (κ2) is 8.57. The van der Waals surface area contributed by atoms with Crippen molar-refractivity contribution >= 4 is 11.8 Å². The minimum atomic E-state index is -0.774. The number of rotatable bonds is 5. The molecule has 37 heavy (non-hydrogen) atoms. The fraction of sp³-hybridized carbons (Fsp3) is 0.370. The molecular weight excluding hydrogens is 482 g/mol. The number of halogens is 2. The molecular formula is C27H28F2N4O4. The van der Waals surface area contributed by atoms with Gasteiger partial charge >= 0.3 is 0 Å². The molecule has 2 atom stereocenters. The summed E-state index contributed by atoms with van der Waals surface area (Å²) in [6, 6.07) is 6.63. The molecule has 2 aliphatic rings. The molecule has 0 saturated heterocycles. The number of primary amides is 1. The van der Waals surface area contributed by atoms with E-state index in [-0.39, 0.29) is 41.6 Å². The van der Waals surface area contributed by atoms with Gasteiger partial charge < -0.3 is 20.1 Å². The summed E-state index contributed by atoms with van der Waals surface area (Å²) in [5.41, 5.74) is 7.59. The lowest BCUT2D eigenvalue weighted by Crippen LogP contribution is -2.43. The van der Waals surface area contributed by atoms with E-state index in [1.807, 2.05) is 26.8 Å². The summed E-state index contributed by atoms with van der Waals surface area (Å²) >= 11 is 0. The highest BCUT2D eigenvalue weighted by atomic mass is 19.1. The highest BCUT2D eigenvalue weighted by Gasteiger charge is 2.45. The van der Waals surface area contributed by atoms with Gasteiger partial charge in [-0.3, -0.25) is 9.59 Å². The molecule has 194 valence electrons. The van der Waals surface area contributed by atoms with Crippen molar-refractivity contribution in [3.63, 3.8) is 0 Å². The van der Waals surface area contributed by atoms with Crippen LogP contribution in [0.15, 0.2) is 30.3 Å². The van der Waals surface area contributed by atoms with Crippen LogP contribution < -0.4 is 15.2 Å². The Labute approximate surface area is 213 Å². The molecule has 1 aliphatic carbocycles. The van der Waals surface area contributed by atoms with Gasteiger partial charge in [-0.25, -0.2) is 13.5 Å². The van der Waals surface area contributed by atoms with Crippen LogP contribution >= 0.6 is 0 Å². The Kier molecular flexibility index (Phi) is 5.73. The maximum absolute atomic E-state index is 14.2. The van der Waals surface area contributed by atoms with Crippen LogP contribution in [0.4, 0.5) is 8.78 Å². The number of carbonyl (C=O) groups excluding carboxylic acids is 2. The number of carbonyl (C=O) groups is 2. The largest absolute Gasteiger partial charge is 0.496 e. The molecule has 2 aromatic carbocycles. The number of amides is 2. The van der Waals surface area contributed by atoms with Crippen LogP contribution in [-0.2, 0) is 11.4 Å². The normalized spacial score (nSPS) is 17.9. The Morgan fingerprint density at radius 3 is 2.41 bits per heavy atom. The zero-order valence-corrected chi connectivity index (χ0v) is 21.3.